The normalized spacial score (nSPS) is 10.2. The number of hydrogen-bond donors (Lipinski definition) is 0. The molecule has 0 spiro atoms. The summed E-state index contributed by atoms with van der Waals surface area (Å²) in [6.07, 6.45) is 4.88. The van der Waals surface area contributed by atoms with Crippen molar-refractivity contribution >= 4 is 11.5 Å². The van der Waals surface area contributed by atoms with Gasteiger partial charge < -0.3 is 0 Å². The Morgan fingerprint density at radius 2 is 2.12 bits per heavy atom. The van der Waals surface area contributed by atoms with E-state index in [4.69, 9.17) is 0 Å². The maximum Gasteiger partial charge on any atom is 0.275 e. The molecule has 0 atom stereocenters. The van der Waals surface area contributed by atoms with Crippen LogP contribution in [0.1, 0.15) is 38.3 Å². The van der Waals surface area contributed by atoms with E-state index in [9.17, 15) is 15.0 Å². The van der Waals surface area contributed by atoms with Gasteiger partial charge in [0.25, 0.3) is 5.69 Å². The molecule has 17 heavy (non-hydrogen) atoms. The number of aryl methyl sites for hydroxylation is 1. The first-order valence-corrected chi connectivity index (χ1v) is 5.66. The Hall–Kier alpha value is -1.85. The maximum absolute atomic E-state index is 10.6. The molecular weight excluding hydrogens is 222 g/mol. The number of nitrogens with zero attached hydrogens (tertiary/aromatic N) is 3. The fourth-order valence-corrected chi connectivity index (χ4v) is 1.57. The van der Waals surface area contributed by atoms with Crippen LogP contribution in [0.5, 0.6) is 0 Å². The summed E-state index contributed by atoms with van der Waals surface area (Å²) in [6, 6.07) is 2.49. The minimum Gasteiger partial charge on any atom is -0.258 e. The molecule has 0 bridgehead atoms. The van der Waals surface area contributed by atoms with E-state index in [0.717, 1.165) is 31.7 Å². The zero-order valence-electron chi connectivity index (χ0n) is 9.76. The van der Waals surface area contributed by atoms with Gasteiger partial charge in [0.2, 0.25) is 5.82 Å². The van der Waals surface area contributed by atoms with Gasteiger partial charge in [-0.3, -0.25) is 10.1 Å². The van der Waals surface area contributed by atoms with Crippen molar-refractivity contribution in [1.82, 2.24) is 4.98 Å². The van der Waals surface area contributed by atoms with Gasteiger partial charge in [0.1, 0.15) is 0 Å². The van der Waals surface area contributed by atoms with Crippen LogP contribution in [0.2, 0.25) is 0 Å². The molecule has 0 saturated heterocycles. The van der Waals surface area contributed by atoms with Crippen molar-refractivity contribution in [2.75, 3.05) is 0 Å². The lowest BCUT2D eigenvalue weighted by Gasteiger charge is -2.01. The monoisotopic (exact) mass is 237 g/mol. The topological polar surface area (TPSA) is 85.5 Å². The van der Waals surface area contributed by atoms with E-state index in [0.29, 0.717) is 12.1 Å². The molecule has 0 saturated carbocycles. The van der Waals surface area contributed by atoms with Crippen LogP contribution in [0.3, 0.4) is 0 Å². The van der Waals surface area contributed by atoms with E-state index < -0.39 is 4.92 Å². The molecule has 6 nitrogen and oxygen atoms in total. The number of nitroso groups, excluding NO2 is 1. The number of rotatable bonds is 7. The predicted molar refractivity (Wildman–Crippen MR) is 64.2 cm³/mol. The molecule has 92 valence electrons. The van der Waals surface area contributed by atoms with E-state index in [2.05, 4.69) is 17.1 Å². The number of pyridine rings is 1. The fraction of sp³-hybridized carbons (Fsp3) is 0.545. The van der Waals surface area contributed by atoms with E-state index in [1.165, 1.54) is 6.07 Å². The second kappa shape index (κ2) is 6.67. The fourth-order valence-electron chi connectivity index (χ4n) is 1.57. The van der Waals surface area contributed by atoms with Gasteiger partial charge in [0.05, 0.1) is 11.0 Å². The second-order valence-electron chi connectivity index (χ2n) is 3.83. The number of aromatic nitrogens is 1. The maximum atomic E-state index is 10.6. The zero-order chi connectivity index (χ0) is 12.7. The SMILES string of the molecule is CCCCCCc1cc([N+](=O)[O-])cc(N=O)n1. The van der Waals surface area contributed by atoms with Gasteiger partial charge in [0.15, 0.2) is 0 Å². The average Bonchev–Trinajstić information content (AvgIpc) is 2.34. The van der Waals surface area contributed by atoms with E-state index >= 15 is 0 Å². The minimum atomic E-state index is -0.536. The largest absolute Gasteiger partial charge is 0.275 e. The van der Waals surface area contributed by atoms with Gasteiger partial charge >= 0.3 is 0 Å². The zero-order valence-corrected chi connectivity index (χ0v) is 9.76. The van der Waals surface area contributed by atoms with Crippen molar-refractivity contribution < 1.29 is 4.92 Å². The van der Waals surface area contributed by atoms with Crippen molar-refractivity contribution in [2.45, 2.75) is 39.0 Å². The molecule has 1 heterocycles. The van der Waals surface area contributed by atoms with Crippen LogP contribution in [0.4, 0.5) is 11.5 Å². The molecule has 0 amide bonds. The van der Waals surface area contributed by atoms with Gasteiger partial charge in [-0.2, -0.15) is 0 Å². The third-order valence-corrected chi connectivity index (χ3v) is 2.44. The summed E-state index contributed by atoms with van der Waals surface area (Å²) < 4.78 is 0. The first-order chi connectivity index (χ1) is 8.17. The Bertz CT molecular complexity index is 407. The first-order valence-electron chi connectivity index (χ1n) is 5.66. The van der Waals surface area contributed by atoms with E-state index in [1.807, 2.05) is 0 Å². The Balaban J connectivity index is 2.73. The summed E-state index contributed by atoms with van der Waals surface area (Å²) in [6.45, 7) is 2.11. The van der Waals surface area contributed by atoms with Gasteiger partial charge in [-0.1, -0.05) is 26.2 Å². The lowest BCUT2D eigenvalue weighted by atomic mass is 10.1. The molecule has 1 rings (SSSR count). The molecule has 0 fully saturated rings. The molecule has 0 aromatic carbocycles. The molecule has 6 heteroatoms. The number of hydrogen-bond acceptors (Lipinski definition) is 5. The molecule has 0 unspecified atom stereocenters. The highest BCUT2D eigenvalue weighted by molar-refractivity contribution is 5.42. The van der Waals surface area contributed by atoms with Crippen LogP contribution in [0.25, 0.3) is 0 Å². The van der Waals surface area contributed by atoms with Crippen LogP contribution >= 0.6 is 0 Å². The van der Waals surface area contributed by atoms with Crippen molar-refractivity contribution in [3.05, 3.63) is 32.8 Å². The van der Waals surface area contributed by atoms with Crippen molar-refractivity contribution in [2.24, 2.45) is 5.18 Å². The van der Waals surface area contributed by atoms with Crippen molar-refractivity contribution in [1.29, 1.82) is 0 Å². The Morgan fingerprint density at radius 3 is 2.71 bits per heavy atom. The summed E-state index contributed by atoms with van der Waals surface area (Å²) >= 11 is 0. The van der Waals surface area contributed by atoms with Crippen LogP contribution in [-0.4, -0.2) is 9.91 Å². The Kier molecular flexibility index (Phi) is 5.19. The number of nitro groups is 1. The van der Waals surface area contributed by atoms with Crippen molar-refractivity contribution in [3.63, 3.8) is 0 Å². The first kappa shape index (κ1) is 13.2. The van der Waals surface area contributed by atoms with Crippen molar-refractivity contribution in [3.8, 4) is 0 Å². The van der Waals surface area contributed by atoms with Crippen LogP contribution < -0.4 is 0 Å². The van der Waals surface area contributed by atoms with Gasteiger partial charge in [0, 0.05) is 11.8 Å². The standard InChI is InChI=1S/C11H15N3O3/c1-2-3-4-5-6-9-7-10(14(16)17)8-11(12-9)13-15/h7-8H,2-6H2,1H3. The smallest absolute Gasteiger partial charge is 0.258 e. The lowest BCUT2D eigenvalue weighted by molar-refractivity contribution is -0.384. The Labute approximate surface area is 99.2 Å². The second-order valence-corrected chi connectivity index (χ2v) is 3.83. The summed E-state index contributed by atoms with van der Waals surface area (Å²) in [7, 11) is 0. The third-order valence-electron chi connectivity index (χ3n) is 2.44. The summed E-state index contributed by atoms with van der Waals surface area (Å²) in [5.41, 5.74) is 0.435. The van der Waals surface area contributed by atoms with E-state index in [-0.39, 0.29) is 11.5 Å². The highest BCUT2D eigenvalue weighted by Crippen LogP contribution is 2.20. The summed E-state index contributed by atoms with van der Waals surface area (Å²) in [5.74, 6) is -0.121. The highest BCUT2D eigenvalue weighted by atomic mass is 16.6. The van der Waals surface area contributed by atoms with Crippen LogP contribution in [0, 0.1) is 15.0 Å². The summed E-state index contributed by atoms with van der Waals surface area (Å²) in [5, 5.41) is 13.3. The third kappa shape index (κ3) is 4.26. The molecule has 0 aliphatic carbocycles. The van der Waals surface area contributed by atoms with Gasteiger partial charge in [-0.15, -0.1) is 4.91 Å². The molecule has 0 aliphatic rings. The van der Waals surface area contributed by atoms with E-state index in [1.54, 1.807) is 0 Å². The summed E-state index contributed by atoms with van der Waals surface area (Å²) in [4.78, 5) is 24.4. The Morgan fingerprint density at radius 1 is 1.35 bits per heavy atom. The highest BCUT2D eigenvalue weighted by Gasteiger charge is 2.11. The molecule has 0 aliphatic heterocycles. The predicted octanol–water partition coefficient (Wildman–Crippen LogP) is 3.51. The molecule has 0 N–H and O–H groups in total. The molecule has 1 aromatic rings. The van der Waals surface area contributed by atoms with Crippen LogP contribution in [0.15, 0.2) is 17.3 Å². The molecule has 0 radical (unpaired) electrons. The molecule has 1 aromatic heterocycles. The quantitative estimate of drug-likeness (QED) is 0.314. The van der Waals surface area contributed by atoms with Crippen LogP contribution in [-0.2, 0) is 6.42 Å². The lowest BCUT2D eigenvalue weighted by Crippen LogP contribution is -1.95. The average molecular weight is 237 g/mol. The minimum absolute atomic E-state index is 0.121. The number of unbranched alkanes of at least 4 members (excludes halogenated alkanes) is 3. The van der Waals surface area contributed by atoms with Gasteiger partial charge in [-0.05, 0) is 18.0 Å². The molecular formula is C11H15N3O3. The van der Waals surface area contributed by atoms with Gasteiger partial charge in [-0.25, -0.2) is 4.98 Å².